The number of hydrogen-bond acceptors (Lipinski definition) is 4. The lowest BCUT2D eigenvalue weighted by Crippen LogP contribution is -2.32. The van der Waals surface area contributed by atoms with E-state index in [1.807, 2.05) is 0 Å². The highest BCUT2D eigenvalue weighted by molar-refractivity contribution is 6.13. The van der Waals surface area contributed by atoms with Gasteiger partial charge in [-0.1, -0.05) is 161 Å². The fourth-order valence-electron chi connectivity index (χ4n) is 10.7. The van der Waals surface area contributed by atoms with Crippen LogP contribution in [0.1, 0.15) is 104 Å². The van der Waals surface area contributed by atoms with E-state index in [4.69, 9.17) is 0 Å². The van der Waals surface area contributed by atoms with Gasteiger partial charge in [0.05, 0.1) is 39.8 Å². The number of nitrogens with zero attached hydrogens (tertiary/aromatic N) is 4. The van der Waals surface area contributed by atoms with Crippen LogP contribution in [-0.2, 0) is 21.7 Å². The Kier molecular flexibility index (Phi) is 9.53. The maximum absolute atomic E-state index is 2.58. The molecule has 11 rings (SSSR count). The van der Waals surface area contributed by atoms with Crippen LogP contribution in [0.2, 0.25) is 0 Å². The van der Waals surface area contributed by atoms with Crippen molar-refractivity contribution < 1.29 is 0 Å². The highest BCUT2D eigenvalue weighted by atomic mass is 15.3. The van der Waals surface area contributed by atoms with Crippen molar-refractivity contribution in [1.29, 1.82) is 0 Å². The second-order valence-corrected chi connectivity index (χ2v) is 22.5. The Hall–Kier alpha value is -7.04. The smallest absolute Gasteiger partial charge is 0.0948 e. The van der Waals surface area contributed by atoms with Crippen LogP contribution < -0.4 is 19.6 Å². The summed E-state index contributed by atoms with van der Waals surface area (Å²) in [6.45, 7) is 25.8. The maximum Gasteiger partial charge on any atom is 0.0948 e. The molecule has 2 aliphatic heterocycles. The minimum absolute atomic E-state index is 0.0640. The summed E-state index contributed by atoms with van der Waals surface area (Å²) >= 11 is 0. The standard InChI is InChI=1S/C63H62N4/c1-60(2,3)41-27-31-49-50-32-29-47(39-52(50)63(10,11)51(49)35-41)66-53-33-28-42(61(4,5)6)36-55(53)67-54-34-30-48(64(44-21-15-12-16-22-44)45-23-17-13-18-24-45)40-56(54)65(46-25-19-14-20-26-46)57-37-43(62(7,8)9)38-58(66)59(57)67/h12-40H,1-11H3. The molecule has 4 nitrogen and oxygen atoms in total. The first-order chi connectivity index (χ1) is 31.9. The quantitative estimate of drug-likeness (QED) is 0.171. The van der Waals surface area contributed by atoms with Crippen molar-refractivity contribution in [3.63, 3.8) is 0 Å². The highest BCUT2D eigenvalue weighted by Gasteiger charge is 2.43. The number of para-hydroxylation sites is 3. The van der Waals surface area contributed by atoms with E-state index in [9.17, 15) is 0 Å². The summed E-state index contributed by atoms with van der Waals surface area (Å²) in [6.07, 6.45) is 0. The molecule has 0 spiro atoms. The van der Waals surface area contributed by atoms with Crippen molar-refractivity contribution in [2.75, 3.05) is 19.6 Å². The van der Waals surface area contributed by atoms with Crippen molar-refractivity contribution >= 4 is 68.2 Å². The molecule has 0 atom stereocenters. The fourth-order valence-corrected chi connectivity index (χ4v) is 10.7. The van der Waals surface area contributed by atoms with Gasteiger partial charge in [-0.15, -0.1) is 0 Å². The van der Waals surface area contributed by atoms with Gasteiger partial charge >= 0.3 is 0 Å². The summed E-state index contributed by atoms with van der Waals surface area (Å²) in [4.78, 5) is 10.0. The van der Waals surface area contributed by atoms with Gasteiger partial charge in [0.25, 0.3) is 0 Å². The van der Waals surface area contributed by atoms with E-state index in [1.54, 1.807) is 0 Å². The molecule has 0 radical (unpaired) electrons. The predicted molar refractivity (Wildman–Crippen MR) is 286 cm³/mol. The molecule has 0 saturated carbocycles. The number of benzene rings is 8. The van der Waals surface area contributed by atoms with Gasteiger partial charge in [0.2, 0.25) is 0 Å². The molecule has 0 aromatic heterocycles. The zero-order valence-electron chi connectivity index (χ0n) is 41.0. The molecule has 0 amide bonds. The number of anilines is 12. The van der Waals surface area contributed by atoms with E-state index in [1.165, 1.54) is 67.4 Å². The van der Waals surface area contributed by atoms with Crippen molar-refractivity contribution in [3.05, 3.63) is 204 Å². The normalized spacial score (nSPS) is 14.5. The lowest BCUT2D eigenvalue weighted by Gasteiger charge is -2.48. The average Bonchev–Trinajstić information content (AvgIpc) is 3.53. The van der Waals surface area contributed by atoms with Gasteiger partial charge in [0, 0.05) is 33.9 Å². The molecule has 0 fully saturated rings. The van der Waals surface area contributed by atoms with Crippen molar-refractivity contribution in [2.24, 2.45) is 0 Å². The van der Waals surface area contributed by atoms with Gasteiger partial charge < -0.3 is 19.6 Å². The van der Waals surface area contributed by atoms with Gasteiger partial charge in [-0.25, -0.2) is 0 Å². The number of rotatable bonds is 5. The van der Waals surface area contributed by atoms with Gasteiger partial charge in [0.15, 0.2) is 0 Å². The molecule has 0 unspecified atom stereocenters. The van der Waals surface area contributed by atoms with Crippen LogP contribution in [0.15, 0.2) is 176 Å². The number of fused-ring (bicyclic) bond motifs is 7. The summed E-state index contributed by atoms with van der Waals surface area (Å²) in [6, 6.07) is 66.1. The van der Waals surface area contributed by atoms with Crippen LogP contribution in [0.3, 0.4) is 0 Å². The largest absolute Gasteiger partial charge is 0.310 e. The summed E-state index contributed by atoms with van der Waals surface area (Å²) in [5.41, 5.74) is 22.8. The zero-order valence-corrected chi connectivity index (χ0v) is 41.0. The first kappa shape index (κ1) is 42.6. The Bertz CT molecular complexity index is 3180. The Morgan fingerprint density at radius 1 is 0.343 bits per heavy atom. The van der Waals surface area contributed by atoms with Crippen LogP contribution >= 0.6 is 0 Å². The third-order valence-corrected chi connectivity index (χ3v) is 14.5. The Morgan fingerprint density at radius 2 is 0.791 bits per heavy atom. The maximum atomic E-state index is 2.58. The van der Waals surface area contributed by atoms with Crippen LogP contribution in [-0.4, -0.2) is 0 Å². The van der Waals surface area contributed by atoms with Crippen LogP contribution in [0.5, 0.6) is 0 Å². The molecule has 8 aromatic rings. The molecular weight excluding hydrogens is 813 g/mol. The second-order valence-electron chi connectivity index (χ2n) is 22.5. The molecule has 1 aliphatic carbocycles. The lowest BCUT2D eigenvalue weighted by atomic mass is 9.79. The van der Waals surface area contributed by atoms with Gasteiger partial charge in [-0.2, -0.15) is 0 Å². The summed E-state index contributed by atoms with van der Waals surface area (Å²) in [5, 5.41) is 0. The highest BCUT2D eigenvalue weighted by Crippen LogP contribution is 2.65. The third kappa shape index (κ3) is 6.86. The van der Waals surface area contributed by atoms with E-state index in [2.05, 4.69) is 272 Å². The molecule has 0 N–H and O–H groups in total. The topological polar surface area (TPSA) is 13.0 Å². The number of hydrogen-bond donors (Lipinski definition) is 0. The molecule has 2 heterocycles. The fraction of sp³-hybridized carbons (Fsp3) is 0.238. The van der Waals surface area contributed by atoms with E-state index in [0.717, 1.165) is 39.8 Å². The van der Waals surface area contributed by atoms with Crippen molar-refractivity contribution in [2.45, 2.75) is 97.8 Å². The molecule has 8 aromatic carbocycles. The van der Waals surface area contributed by atoms with Crippen LogP contribution in [0.25, 0.3) is 11.1 Å². The van der Waals surface area contributed by atoms with E-state index < -0.39 is 0 Å². The van der Waals surface area contributed by atoms with Gasteiger partial charge in [-0.3, -0.25) is 0 Å². The monoisotopic (exact) mass is 874 g/mol. The zero-order chi connectivity index (χ0) is 46.8. The minimum atomic E-state index is -0.177. The van der Waals surface area contributed by atoms with Crippen LogP contribution in [0.4, 0.5) is 68.2 Å². The molecule has 4 heteroatoms. The van der Waals surface area contributed by atoms with E-state index in [-0.39, 0.29) is 21.7 Å². The Balaban J connectivity index is 1.19. The molecule has 334 valence electrons. The molecular formula is C63H62N4. The first-order valence-electron chi connectivity index (χ1n) is 24.0. The van der Waals surface area contributed by atoms with Crippen molar-refractivity contribution in [3.8, 4) is 11.1 Å². The van der Waals surface area contributed by atoms with Gasteiger partial charge in [0.1, 0.15) is 0 Å². The average molecular weight is 875 g/mol. The third-order valence-electron chi connectivity index (χ3n) is 14.5. The Morgan fingerprint density at radius 3 is 1.37 bits per heavy atom. The SMILES string of the molecule is CC(C)(C)c1ccc2c(c1)N1c3ccc(N(c4ccccc4)c4ccccc4)cc3N(c3ccccc3)c3cc(C(C)(C)C)cc(c31)N2c1ccc2c(c1)C(C)(C)c1cc(C(C)(C)C)ccc1-2. The lowest BCUT2D eigenvalue weighted by molar-refractivity contribution is 0.584. The first-order valence-corrected chi connectivity index (χ1v) is 24.0. The molecule has 0 saturated heterocycles. The Labute approximate surface area is 398 Å². The minimum Gasteiger partial charge on any atom is -0.310 e. The van der Waals surface area contributed by atoms with Crippen molar-refractivity contribution in [1.82, 2.24) is 0 Å². The predicted octanol–water partition coefficient (Wildman–Crippen LogP) is 18.4. The molecule has 0 bridgehead atoms. The van der Waals surface area contributed by atoms with Gasteiger partial charge in [-0.05, 0) is 146 Å². The molecule has 3 aliphatic rings. The van der Waals surface area contributed by atoms with E-state index >= 15 is 0 Å². The van der Waals surface area contributed by atoms with E-state index in [0.29, 0.717) is 0 Å². The second kappa shape index (κ2) is 15.0. The molecule has 67 heavy (non-hydrogen) atoms. The summed E-state index contributed by atoms with van der Waals surface area (Å²) in [5.74, 6) is 0. The summed E-state index contributed by atoms with van der Waals surface area (Å²) in [7, 11) is 0. The van der Waals surface area contributed by atoms with Crippen LogP contribution in [0, 0.1) is 0 Å². The summed E-state index contributed by atoms with van der Waals surface area (Å²) < 4.78 is 0.